The second kappa shape index (κ2) is 10.8. The zero-order chi connectivity index (χ0) is 24.0. The molecule has 1 aliphatic heterocycles. The zero-order valence-electron chi connectivity index (χ0n) is 17.7. The number of sulfonamides is 1. The normalized spacial score (nSPS) is 20.4. The van der Waals surface area contributed by atoms with Crippen molar-refractivity contribution in [3.8, 4) is 5.75 Å². The molecule has 8 nitrogen and oxygen atoms in total. The molecule has 0 saturated heterocycles. The van der Waals surface area contributed by atoms with Gasteiger partial charge in [0.1, 0.15) is 28.4 Å². The van der Waals surface area contributed by atoms with Crippen molar-refractivity contribution in [3.63, 3.8) is 0 Å². The molecule has 33 heavy (non-hydrogen) atoms. The summed E-state index contributed by atoms with van der Waals surface area (Å²) in [6.07, 6.45) is 1.24. The van der Waals surface area contributed by atoms with Gasteiger partial charge in [-0.3, -0.25) is 4.79 Å². The van der Waals surface area contributed by atoms with Gasteiger partial charge in [0.05, 0.1) is 32.3 Å². The summed E-state index contributed by atoms with van der Waals surface area (Å²) in [5.74, 6) is -1.77. The van der Waals surface area contributed by atoms with Gasteiger partial charge in [-0.15, -0.1) is 0 Å². The topological polar surface area (TPSA) is 114 Å². The molecule has 0 aromatic heterocycles. The Morgan fingerprint density at radius 2 is 1.85 bits per heavy atom. The molecular weight excluding hydrogens is 458 g/mol. The molecule has 3 rings (SSSR count). The maximum atomic E-state index is 13.3. The minimum Gasteiger partial charge on any atom is -0.495 e. The van der Waals surface area contributed by atoms with Crippen molar-refractivity contribution < 1.29 is 36.6 Å². The van der Waals surface area contributed by atoms with Gasteiger partial charge in [-0.2, -0.15) is 0 Å². The number of methoxy groups -OCH3 is 1. The molecule has 0 fully saturated rings. The molecule has 1 aliphatic rings. The summed E-state index contributed by atoms with van der Waals surface area (Å²) in [4.78, 5) is 12.2. The quantitative estimate of drug-likeness (QED) is 0.469. The SMILES string of the molecule is COc1ccccc1S(=O)(=O)N[C@H]1C=C[C@@H](CC(=O)NCc2cc(F)cc(F)c2)O[C@H]1CO. The van der Waals surface area contributed by atoms with E-state index in [4.69, 9.17) is 9.47 Å². The van der Waals surface area contributed by atoms with Crippen LogP contribution in [0.3, 0.4) is 0 Å². The molecule has 0 spiro atoms. The first-order chi connectivity index (χ1) is 15.7. The van der Waals surface area contributed by atoms with Gasteiger partial charge in [0.15, 0.2) is 0 Å². The Morgan fingerprint density at radius 1 is 1.15 bits per heavy atom. The van der Waals surface area contributed by atoms with Crippen molar-refractivity contribution in [2.24, 2.45) is 0 Å². The number of hydrogen-bond donors (Lipinski definition) is 3. The fourth-order valence-corrected chi connectivity index (χ4v) is 4.75. The lowest BCUT2D eigenvalue weighted by molar-refractivity contribution is -0.125. The van der Waals surface area contributed by atoms with E-state index in [1.165, 1.54) is 31.4 Å². The van der Waals surface area contributed by atoms with Crippen molar-refractivity contribution >= 4 is 15.9 Å². The molecule has 11 heteroatoms. The van der Waals surface area contributed by atoms with Gasteiger partial charge in [0.2, 0.25) is 15.9 Å². The van der Waals surface area contributed by atoms with Crippen LogP contribution in [0.15, 0.2) is 59.5 Å². The number of aliphatic hydroxyl groups is 1. The first-order valence-corrected chi connectivity index (χ1v) is 11.5. The molecule has 3 atom stereocenters. The van der Waals surface area contributed by atoms with Crippen LogP contribution in [0.5, 0.6) is 5.75 Å². The number of ether oxygens (including phenoxy) is 2. The van der Waals surface area contributed by atoms with Crippen molar-refractivity contribution in [2.75, 3.05) is 13.7 Å². The molecule has 0 saturated carbocycles. The Hall–Kier alpha value is -2.86. The molecule has 0 aliphatic carbocycles. The van der Waals surface area contributed by atoms with Crippen molar-refractivity contribution in [1.29, 1.82) is 0 Å². The zero-order valence-corrected chi connectivity index (χ0v) is 18.5. The Balaban J connectivity index is 1.61. The van der Waals surface area contributed by atoms with Crippen LogP contribution in [0.1, 0.15) is 12.0 Å². The fourth-order valence-electron chi connectivity index (χ4n) is 3.36. The van der Waals surface area contributed by atoms with E-state index in [1.807, 2.05) is 0 Å². The van der Waals surface area contributed by atoms with Crippen LogP contribution in [0.25, 0.3) is 0 Å². The summed E-state index contributed by atoms with van der Waals surface area (Å²) in [6.45, 7) is -0.571. The molecule has 2 aromatic rings. The first kappa shape index (κ1) is 24.8. The van der Waals surface area contributed by atoms with E-state index in [-0.39, 0.29) is 29.2 Å². The van der Waals surface area contributed by atoms with Gasteiger partial charge in [-0.25, -0.2) is 21.9 Å². The Labute approximate surface area is 190 Å². The maximum Gasteiger partial charge on any atom is 0.244 e. The van der Waals surface area contributed by atoms with Crippen LogP contribution in [0, 0.1) is 11.6 Å². The number of rotatable bonds is 9. The third-order valence-corrected chi connectivity index (χ3v) is 6.41. The third kappa shape index (κ3) is 6.57. The van der Waals surface area contributed by atoms with Crippen LogP contribution in [-0.2, 0) is 26.1 Å². The van der Waals surface area contributed by atoms with Gasteiger partial charge in [-0.05, 0) is 29.8 Å². The largest absolute Gasteiger partial charge is 0.495 e. The van der Waals surface area contributed by atoms with Crippen LogP contribution >= 0.6 is 0 Å². The lowest BCUT2D eigenvalue weighted by Gasteiger charge is -2.31. The van der Waals surface area contributed by atoms with E-state index in [2.05, 4.69) is 10.0 Å². The highest BCUT2D eigenvalue weighted by atomic mass is 32.2. The summed E-state index contributed by atoms with van der Waals surface area (Å²) in [7, 11) is -2.63. The molecule has 178 valence electrons. The average molecular weight is 483 g/mol. The number of halogens is 2. The monoisotopic (exact) mass is 482 g/mol. The van der Waals surface area contributed by atoms with Crippen LogP contribution in [-0.4, -0.2) is 51.4 Å². The highest BCUT2D eigenvalue weighted by Gasteiger charge is 2.32. The summed E-state index contributed by atoms with van der Waals surface area (Å²) in [5, 5.41) is 12.2. The Kier molecular flexibility index (Phi) is 8.14. The number of para-hydroxylation sites is 1. The van der Waals surface area contributed by atoms with E-state index in [1.54, 1.807) is 12.1 Å². The molecule has 0 radical (unpaired) electrons. The van der Waals surface area contributed by atoms with E-state index in [9.17, 15) is 27.1 Å². The standard InChI is InChI=1S/C22H24F2N2O6S/c1-31-19-4-2-3-5-21(19)33(29,30)26-18-7-6-17(32-20(18)13-27)11-22(28)25-12-14-8-15(23)10-16(24)9-14/h2-10,17-18,20,26-27H,11-13H2,1H3,(H,25,28)/t17-,18-,20-/m0/s1. The molecule has 2 aromatic carbocycles. The van der Waals surface area contributed by atoms with Crippen LogP contribution < -0.4 is 14.8 Å². The third-order valence-electron chi connectivity index (χ3n) is 4.91. The summed E-state index contributed by atoms with van der Waals surface area (Å²) in [6, 6.07) is 8.18. The van der Waals surface area contributed by atoms with E-state index < -0.39 is 52.4 Å². The lowest BCUT2D eigenvalue weighted by atomic mass is 10.1. The molecule has 3 N–H and O–H groups in total. The summed E-state index contributed by atoms with van der Waals surface area (Å²) < 4.78 is 65.3. The summed E-state index contributed by atoms with van der Waals surface area (Å²) in [5.41, 5.74) is 0.264. The molecular formula is C22H24F2N2O6S. The summed E-state index contributed by atoms with van der Waals surface area (Å²) >= 11 is 0. The second-order valence-electron chi connectivity index (χ2n) is 7.34. The van der Waals surface area contributed by atoms with Gasteiger partial charge in [0.25, 0.3) is 0 Å². The smallest absolute Gasteiger partial charge is 0.244 e. The van der Waals surface area contributed by atoms with Crippen molar-refractivity contribution in [3.05, 3.63) is 71.8 Å². The molecule has 1 amide bonds. The highest BCUT2D eigenvalue weighted by Crippen LogP contribution is 2.24. The number of hydrogen-bond acceptors (Lipinski definition) is 6. The minimum absolute atomic E-state index is 0.0622. The molecule has 0 bridgehead atoms. The predicted molar refractivity (Wildman–Crippen MR) is 115 cm³/mol. The van der Waals surface area contributed by atoms with E-state index >= 15 is 0 Å². The first-order valence-electron chi connectivity index (χ1n) is 10.0. The number of carbonyl (C=O) groups is 1. The molecule has 0 unspecified atom stereocenters. The minimum atomic E-state index is -3.99. The van der Waals surface area contributed by atoms with Crippen LogP contribution in [0.4, 0.5) is 8.78 Å². The van der Waals surface area contributed by atoms with Crippen molar-refractivity contribution in [2.45, 2.75) is 36.1 Å². The number of nitrogens with one attached hydrogen (secondary N) is 2. The maximum absolute atomic E-state index is 13.3. The van der Waals surface area contributed by atoms with Crippen molar-refractivity contribution in [1.82, 2.24) is 10.0 Å². The lowest BCUT2D eigenvalue weighted by Crippen LogP contribution is -2.49. The van der Waals surface area contributed by atoms with E-state index in [0.717, 1.165) is 18.2 Å². The Morgan fingerprint density at radius 3 is 2.52 bits per heavy atom. The number of amides is 1. The Bertz CT molecular complexity index is 1110. The molecule has 1 heterocycles. The number of carbonyl (C=O) groups excluding carboxylic acids is 1. The van der Waals surface area contributed by atoms with Gasteiger partial charge in [0, 0.05) is 12.6 Å². The van der Waals surface area contributed by atoms with Gasteiger partial charge in [-0.1, -0.05) is 24.3 Å². The average Bonchev–Trinajstić information content (AvgIpc) is 2.78. The van der Waals surface area contributed by atoms with Crippen LogP contribution in [0.2, 0.25) is 0 Å². The predicted octanol–water partition coefficient (Wildman–Crippen LogP) is 1.64. The van der Waals surface area contributed by atoms with E-state index in [0.29, 0.717) is 0 Å². The second-order valence-corrected chi connectivity index (χ2v) is 9.02. The number of benzene rings is 2. The highest BCUT2D eigenvalue weighted by molar-refractivity contribution is 7.89. The van der Waals surface area contributed by atoms with Gasteiger partial charge >= 0.3 is 0 Å². The van der Waals surface area contributed by atoms with Gasteiger partial charge < -0.3 is 19.9 Å². The fraction of sp³-hybridized carbons (Fsp3) is 0.318. The number of aliphatic hydroxyl groups excluding tert-OH is 1.